The molecule has 0 spiro atoms. The van der Waals surface area contributed by atoms with Crippen LogP contribution in [0.3, 0.4) is 0 Å². The van der Waals surface area contributed by atoms with Gasteiger partial charge in [0.2, 0.25) is 0 Å². The number of hydrogen-bond acceptors (Lipinski definition) is 5. The third kappa shape index (κ3) is 4.82. The second-order valence-electron chi connectivity index (χ2n) is 5.72. The zero-order valence-corrected chi connectivity index (χ0v) is 17.8. The lowest BCUT2D eigenvalue weighted by molar-refractivity contribution is -0.114. The SMILES string of the molecule is CNC(=O)C(=NOC)c1ccccc1CSc1ccn(-c2ccc(Br)cc2)n1. The molecule has 1 N–H and O–H groups in total. The van der Waals surface area contributed by atoms with E-state index in [1.54, 1.807) is 18.8 Å². The predicted octanol–water partition coefficient (Wildman–Crippen LogP) is 4.02. The molecule has 0 aliphatic rings. The van der Waals surface area contributed by atoms with Crippen molar-refractivity contribution in [1.82, 2.24) is 15.1 Å². The summed E-state index contributed by atoms with van der Waals surface area (Å²) in [6.07, 6.45) is 1.93. The van der Waals surface area contributed by atoms with E-state index < -0.39 is 0 Å². The summed E-state index contributed by atoms with van der Waals surface area (Å²) in [7, 11) is 2.99. The Morgan fingerprint density at radius 3 is 2.68 bits per heavy atom. The van der Waals surface area contributed by atoms with Gasteiger partial charge in [-0.2, -0.15) is 5.10 Å². The number of thioether (sulfide) groups is 1. The summed E-state index contributed by atoms with van der Waals surface area (Å²) in [5.74, 6) is 0.353. The maximum Gasteiger partial charge on any atom is 0.273 e. The normalized spacial score (nSPS) is 11.3. The summed E-state index contributed by atoms with van der Waals surface area (Å²) in [5.41, 5.74) is 2.96. The van der Waals surface area contributed by atoms with E-state index in [1.807, 2.05) is 65.5 Å². The van der Waals surface area contributed by atoms with Gasteiger partial charge >= 0.3 is 0 Å². The van der Waals surface area contributed by atoms with Crippen LogP contribution in [-0.4, -0.2) is 35.6 Å². The summed E-state index contributed by atoms with van der Waals surface area (Å²) >= 11 is 5.03. The Kier molecular flexibility index (Phi) is 6.89. The average Bonchev–Trinajstić information content (AvgIpc) is 3.20. The van der Waals surface area contributed by atoms with Crippen LogP contribution in [0.5, 0.6) is 0 Å². The number of rotatable bonds is 7. The van der Waals surface area contributed by atoms with E-state index in [9.17, 15) is 4.79 Å². The van der Waals surface area contributed by atoms with Crippen LogP contribution >= 0.6 is 27.7 Å². The fraction of sp³-hybridized carbons (Fsp3) is 0.150. The van der Waals surface area contributed by atoms with Gasteiger partial charge in [-0.1, -0.05) is 57.1 Å². The summed E-state index contributed by atoms with van der Waals surface area (Å²) in [5, 5.41) is 12.0. The molecule has 3 aromatic rings. The van der Waals surface area contributed by atoms with Crippen molar-refractivity contribution >= 4 is 39.3 Å². The van der Waals surface area contributed by atoms with Crippen molar-refractivity contribution in [2.45, 2.75) is 10.8 Å². The zero-order valence-electron chi connectivity index (χ0n) is 15.4. The lowest BCUT2D eigenvalue weighted by Gasteiger charge is -2.10. The molecule has 0 bridgehead atoms. The molecule has 0 unspecified atom stereocenters. The molecule has 0 radical (unpaired) electrons. The molecule has 0 fully saturated rings. The smallest absolute Gasteiger partial charge is 0.273 e. The van der Waals surface area contributed by atoms with Gasteiger partial charge in [0.25, 0.3) is 5.91 Å². The standard InChI is InChI=1S/C20H19BrN4O2S/c1-22-20(26)19(24-27-2)17-6-4-3-5-14(17)13-28-18-11-12-25(23-18)16-9-7-15(21)8-10-16/h3-12H,13H2,1-2H3,(H,22,26). The van der Waals surface area contributed by atoms with Gasteiger partial charge in [-0.15, -0.1) is 0 Å². The molecule has 2 aromatic carbocycles. The van der Waals surface area contributed by atoms with Crippen LogP contribution in [0.15, 0.2) is 75.4 Å². The molecule has 0 aliphatic heterocycles. The van der Waals surface area contributed by atoms with E-state index in [2.05, 4.69) is 31.5 Å². The predicted molar refractivity (Wildman–Crippen MR) is 115 cm³/mol. The first kappa shape index (κ1) is 20.2. The quantitative estimate of drug-likeness (QED) is 0.329. The van der Waals surface area contributed by atoms with Gasteiger partial charge in [-0.25, -0.2) is 4.68 Å². The molecule has 0 aliphatic carbocycles. The highest BCUT2D eigenvalue weighted by Crippen LogP contribution is 2.24. The van der Waals surface area contributed by atoms with Crippen LogP contribution in [-0.2, 0) is 15.4 Å². The molecule has 6 nitrogen and oxygen atoms in total. The van der Waals surface area contributed by atoms with Crippen molar-refractivity contribution in [3.63, 3.8) is 0 Å². The molecule has 1 amide bonds. The molecule has 28 heavy (non-hydrogen) atoms. The topological polar surface area (TPSA) is 68.5 Å². The second kappa shape index (κ2) is 9.57. The summed E-state index contributed by atoms with van der Waals surface area (Å²) in [6.45, 7) is 0. The number of oxime groups is 1. The van der Waals surface area contributed by atoms with Gasteiger partial charge < -0.3 is 10.2 Å². The third-order valence-corrected chi connectivity index (χ3v) is 5.43. The molecule has 1 heterocycles. The van der Waals surface area contributed by atoms with Crippen LogP contribution in [0.25, 0.3) is 5.69 Å². The van der Waals surface area contributed by atoms with E-state index in [1.165, 1.54) is 7.11 Å². The van der Waals surface area contributed by atoms with Gasteiger partial charge in [0.05, 0.1) is 5.69 Å². The third-order valence-electron chi connectivity index (χ3n) is 3.93. The average molecular weight is 459 g/mol. The Labute approximate surface area is 176 Å². The van der Waals surface area contributed by atoms with E-state index >= 15 is 0 Å². The highest BCUT2D eigenvalue weighted by Gasteiger charge is 2.17. The molecule has 144 valence electrons. The van der Waals surface area contributed by atoms with Crippen LogP contribution in [0.2, 0.25) is 0 Å². The minimum atomic E-state index is -0.293. The number of nitrogens with one attached hydrogen (secondary N) is 1. The Morgan fingerprint density at radius 1 is 1.21 bits per heavy atom. The number of benzene rings is 2. The van der Waals surface area contributed by atoms with Crippen molar-refractivity contribution in [1.29, 1.82) is 0 Å². The maximum absolute atomic E-state index is 12.2. The molecular weight excluding hydrogens is 440 g/mol. The summed E-state index contributed by atoms with van der Waals surface area (Å²) in [4.78, 5) is 17.0. The van der Waals surface area contributed by atoms with Crippen molar-refractivity contribution in [3.05, 3.63) is 76.4 Å². The van der Waals surface area contributed by atoms with Crippen LogP contribution in [0.1, 0.15) is 11.1 Å². The van der Waals surface area contributed by atoms with Gasteiger partial charge in [-0.05, 0) is 35.9 Å². The van der Waals surface area contributed by atoms with Crippen LogP contribution in [0, 0.1) is 0 Å². The number of aromatic nitrogens is 2. The fourth-order valence-corrected chi connectivity index (χ4v) is 3.70. The Bertz CT molecular complexity index is 986. The Morgan fingerprint density at radius 2 is 1.96 bits per heavy atom. The molecule has 0 saturated heterocycles. The maximum atomic E-state index is 12.2. The number of amides is 1. The summed E-state index contributed by atoms with van der Waals surface area (Å²) in [6, 6.07) is 17.6. The number of hydrogen-bond donors (Lipinski definition) is 1. The zero-order chi connectivity index (χ0) is 19.9. The molecule has 8 heteroatoms. The molecule has 1 aromatic heterocycles. The van der Waals surface area contributed by atoms with Gasteiger partial charge in [-0.3, -0.25) is 4.79 Å². The summed E-state index contributed by atoms with van der Waals surface area (Å²) < 4.78 is 2.86. The highest BCUT2D eigenvalue weighted by atomic mass is 79.9. The second-order valence-corrected chi connectivity index (χ2v) is 7.63. The van der Waals surface area contributed by atoms with E-state index in [-0.39, 0.29) is 11.6 Å². The van der Waals surface area contributed by atoms with Crippen LogP contribution < -0.4 is 5.32 Å². The van der Waals surface area contributed by atoms with Crippen molar-refractivity contribution in [2.75, 3.05) is 14.2 Å². The lowest BCUT2D eigenvalue weighted by atomic mass is 10.0. The molecule has 0 atom stereocenters. The monoisotopic (exact) mass is 458 g/mol. The first-order valence-corrected chi connectivity index (χ1v) is 10.3. The minimum absolute atomic E-state index is 0.251. The minimum Gasteiger partial charge on any atom is -0.398 e. The van der Waals surface area contributed by atoms with Crippen LogP contribution in [0.4, 0.5) is 0 Å². The first-order chi connectivity index (χ1) is 13.6. The van der Waals surface area contributed by atoms with Crippen molar-refractivity contribution in [3.8, 4) is 5.69 Å². The first-order valence-electron chi connectivity index (χ1n) is 8.48. The van der Waals surface area contributed by atoms with Gasteiger partial charge in [0.15, 0.2) is 5.71 Å². The largest absolute Gasteiger partial charge is 0.398 e. The number of halogens is 1. The lowest BCUT2D eigenvalue weighted by Crippen LogP contribution is -2.29. The van der Waals surface area contributed by atoms with Crippen molar-refractivity contribution < 1.29 is 9.63 Å². The van der Waals surface area contributed by atoms with Crippen molar-refractivity contribution in [2.24, 2.45) is 5.16 Å². The molecule has 0 saturated carbocycles. The Hall–Kier alpha value is -2.58. The Balaban J connectivity index is 1.78. The van der Waals surface area contributed by atoms with Gasteiger partial charge in [0, 0.05) is 29.0 Å². The van der Waals surface area contributed by atoms with E-state index in [0.717, 1.165) is 26.3 Å². The van der Waals surface area contributed by atoms with E-state index in [0.29, 0.717) is 5.75 Å². The molecule has 3 rings (SSSR count). The number of carbonyl (C=O) groups is 1. The number of likely N-dealkylation sites (N-methyl/N-ethyl adjacent to an activating group) is 1. The number of carbonyl (C=O) groups excluding carboxylic acids is 1. The fourth-order valence-electron chi connectivity index (χ4n) is 2.57. The number of nitrogens with zero attached hydrogens (tertiary/aromatic N) is 3. The van der Waals surface area contributed by atoms with E-state index in [4.69, 9.17) is 4.84 Å². The van der Waals surface area contributed by atoms with Gasteiger partial charge in [0.1, 0.15) is 12.1 Å². The molecular formula is C20H19BrN4O2S. The highest BCUT2D eigenvalue weighted by molar-refractivity contribution is 9.10.